The Hall–Kier alpha value is -8.98. The molecule has 0 spiro atoms. The van der Waals surface area contributed by atoms with E-state index in [2.05, 4.69) is 289 Å². The average molecular weight is 867 g/mol. The molecule has 12 rings (SSSR count). The largest absolute Gasteiger partial charge is 0.311 e. The second-order valence-electron chi connectivity index (χ2n) is 17.3. The van der Waals surface area contributed by atoms with E-state index in [0.29, 0.717) is 0 Å². The Morgan fingerprint density at radius 3 is 0.838 bits per heavy atom. The fraction of sp³-hybridized carbons (Fsp3) is 0. The van der Waals surface area contributed by atoms with Crippen LogP contribution in [0.3, 0.4) is 0 Å². The Balaban J connectivity index is 0.865. The van der Waals surface area contributed by atoms with Crippen molar-refractivity contribution in [2.75, 3.05) is 9.80 Å². The molecule has 0 aliphatic rings. The van der Waals surface area contributed by atoms with Crippen LogP contribution in [0, 0.1) is 0 Å². The molecular weight excluding hydrogens is 821 g/mol. The SMILES string of the molecule is c1ccc(-c2ccc(N(c3ccc(-c4ccccc4)cc3)c3ccc(-c4ccc(N(c5ccccc5)c5cccc(-c6ccc7c8ccccc8c8ccccc8c7c6)c5)cc4)cc3)cc2)cc1. The Kier molecular flexibility index (Phi) is 10.6. The van der Waals surface area contributed by atoms with E-state index in [0.717, 1.165) is 45.3 Å². The van der Waals surface area contributed by atoms with Crippen molar-refractivity contribution < 1.29 is 0 Å². The average Bonchev–Trinajstić information content (AvgIpc) is 3.43. The van der Waals surface area contributed by atoms with E-state index < -0.39 is 0 Å². The summed E-state index contributed by atoms with van der Waals surface area (Å²) >= 11 is 0. The standard InChI is InChI=1S/C66H46N2/c1-4-15-47(16-5-1)49-27-36-56(37-28-49)67(57-38-29-50(30-39-57)48-17-6-2-7-18-48)58-40-31-51(32-41-58)52-33-42-59(43-34-52)68(55-20-8-3-9-21-55)60-22-14-19-53(45-60)54-35-44-65-63-25-11-10-23-61(63)62-24-12-13-26-64(62)66(65)46-54/h1-46H. The van der Waals surface area contributed by atoms with Crippen LogP contribution < -0.4 is 9.80 Å². The Labute approximate surface area is 397 Å². The van der Waals surface area contributed by atoms with Crippen LogP contribution in [0.4, 0.5) is 34.1 Å². The number of rotatable bonds is 10. The lowest BCUT2D eigenvalue weighted by Gasteiger charge is -2.27. The molecule has 0 saturated heterocycles. The van der Waals surface area contributed by atoms with E-state index in [-0.39, 0.29) is 0 Å². The van der Waals surface area contributed by atoms with Gasteiger partial charge in [0.2, 0.25) is 0 Å². The van der Waals surface area contributed by atoms with Gasteiger partial charge in [0.15, 0.2) is 0 Å². The number of benzene rings is 12. The summed E-state index contributed by atoms with van der Waals surface area (Å²) in [5.41, 5.74) is 16.1. The minimum absolute atomic E-state index is 1.09. The van der Waals surface area contributed by atoms with Gasteiger partial charge in [-0.25, -0.2) is 0 Å². The van der Waals surface area contributed by atoms with Gasteiger partial charge in [0.25, 0.3) is 0 Å². The molecule has 0 unspecified atom stereocenters. The third-order valence-electron chi connectivity index (χ3n) is 13.2. The first-order chi connectivity index (χ1) is 33.7. The Morgan fingerprint density at radius 2 is 0.412 bits per heavy atom. The molecule has 0 amide bonds. The van der Waals surface area contributed by atoms with E-state index in [1.165, 1.54) is 65.7 Å². The highest BCUT2D eigenvalue weighted by atomic mass is 15.1. The molecule has 0 atom stereocenters. The zero-order chi connectivity index (χ0) is 45.2. The quantitative estimate of drug-likeness (QED) is 0.126. The van der Waals surface area contributed by atoms with Crippen LogP contribution >= 0.6 is 0 Å². The molecule has 2 heteroatoms. The molecule has 2 nitrogen and oxygen atoms in total. The Bertz CT molecular complexity index is 3560. The van der Waals surface area contributed by atoms with Gasteiger partial charge < -0.3 is 9.80 Å². The predicted octanol–water partition coefficient (Wildman–Crippen LogP) is 18.8. The summed E-state index contributed by atoms with van der Waals surface area (Å²) < 4.78 is 0. The van der Waals surface area contributed by atoms with Crippen molar-refractivity contribution >= 4 is 66.4 Å². The molecule has 0 aliphatic heterocycles. The zero-order valence-corrected chi connectivity index (χ0v) is 37.5. The molecule has 0 bridgehead atoms. The number of anilines is 6. The number of nitrogens with zero attached hydrogens (tertiary/aromatic N) is 2. The summed E-state index contributed by atoms with van der Waals surface area (Å²) in [7, 11) is 0. The number of hydrogen-bond donors (Lipinski definition) is 0. The first-order valence-corrected chi connectivity index (χ1v) is 23.3. The number of para-hydroxylation sites is 1. The highest BCUT2D eigenvalue weighted by Crippen LogP contribution is 2.42. The lowest BCUT2D eigenvalue weighted by Crippen LogP contribution is -2.10. The molecule has 0 aromatic heterocycles. The van der Waals surface area contributed by atoms with Crippen molar-refractivity contribution in [3.8, 4) is 44.5 Å². The normalized spacial score (nSPS) is 11.2. The van der Waals surface area contributed by atoms with Crippen LogP contribution in [-0.2, 0) is 0 Å². The van der Waals surface area contributed by atoms with Gasteiger partial charge in [0.05, 0.1) is 0 Å². The van der Waals surface area contributed by atoms with E-state index >= 15 is 0 Å². The predicted molar refractivity (Wildman–Crippen MR) is 290 cm³/mol. The highest BCUT2D eigenvalue weighted by Gasteiger charge is 2.17. The summed E-state index contributed by atoms with van der Waals surface area (Å²) in [6.07, 6.45) is 0. The molecule has 320 valence electrons. The second-order valence-corrected chi connectivity index (χ2v) is 17.3. The van der Waals surface area contributed by atoms with Gasteiger partial charge in [0.1, 0.15) is 0 Å². The van der Waals surface area contributed by atoms with Gasteiger partial charge in [-0.05, 0) is 156 Å². The summed E-state index contributed by atoms with van der Waals surface area (Å²) in [6.45, 7) is 0. The van der Waals surface area contributed by atoms with Crippen molar-refractivity contribution in [2.24, 2.45) is 0 Å². The number of hydrogen-bond acceptors (Lipinski definition) is 2. The summed E-state index contributed by atoms with van der Waals surface area (Å²) in [5, 5.41) is 7.69. The van der Waals surface area contributed by atoms with E-state index in [9.17, 15) is 0 Å². The molecule has 0 radical (unpaired) electrons. The zero-order valence-electron chi connectivity index (χ0n) is 37.5. The second kappa shape index (κ2) is 17.8. The Morgan fingerprint density at radius 1 is 0.147 bits per heavy atom. The van der Waals surface area contributed by atoms with Crippen molar-refractivity contribution in [3.05, 3.63) is 279 Å². The molecule has 0 N–H and O–H groups in total. The summed E-state index contributed by atoms with van der Waals surface area (Å²) in [4.78, 5) is 4.69. The van der Waals surface area contributed by atoms with Gasteiger partial charge in [0, 0.05) is 34.1 Å². The van der Waals surface area contributed by atoms with Gasteiger partial charge in [-0.1, -0.05) is 200 Å². The van der Waals surface area contributed by atoms with Gasteiger partial charge in [-0.3, -0.25) is 0 Å². The van der Waals surface area contributed by atoms with Crippen LogP contribution in [0.1, 0.15) is 0 Å². The van der Waals surface area contributed by atoms with Crippen molar-refractivity contribution in [2.45, 2.75) is 0 Å². The molecule has 12 aromatic carbocycles. The van der Waals surface area contributed by atoms with Gasteiger partial charge in [-0.2, -0.15) is 0 Å². The molecule has 0 heterocycles. The fourth-order valence-corrected chi connectivity index (χ4v) is 9.86. The van der Waals surface area contributed by atoms with Crippen LogP contribution in [-0.4, -0.2) is 0 Å². The lowest BCUT2D eigenvalue weighted by molar-refractivity contribution is 1.28. The van der Waals surface area contributed by atoms with Crippen LogP contribution in [0.15, 0.2) is 279 Å². The topological polar surface area (TPSA) is 6.48 Å². The van der Waals surface area contributed by atoms with E-state index in [4.69, 9.17) is 0 Å². The molecule has 68 heavy (non-hydrogen) atoms. The monoisotopic (exact) mass is 866 g/mol. The van der Waals surface area contributed by atoms with E-state index in [1.54, 1.807) is 0 Å². The maximum absolute atomic E-state index is 2.37. The van der Waals surface area contributed by atoms with Gasteiger partial charge >= 0.3 is 0 Å². The maximum Gasteiger partial charge on any atom is 0.0467 e. The third-order valence-corrected chi connectivity index (χ3v) is 13.2. The first kappa shape index (κ1) is 40.5. The third kappa shape index (κ3) is 7.74. The van der Waals surface area contributed by atoms with E-state index in [1.807, 2.05) is 0 Å². The minimum Gasteiger partial charge on any atom is -0.311 e. The first-order valence-electron chi connectivity index (χ1n) is 23.3. The van der Waals surface area contributed by atoms with Crippen molar-refractivity contribution in [1.82, 2.24) is 0 Å². The van der Waals surface area contributed by atoms with Crippen molar-refractivity contribution in [3.63, 3.8) is 0 Å². The van der Waals surface area contributed by atoms with Gasteiger partial charge in [-0.15, -0.1) is 0 Å². The van der Waals surface area contributed by atoms with Crippen LogP contribution in [0.25, 0.3) is 76.8 Å². The summed E-state index contributed by atoms with van der Waals surface area (Å²) in [5.74, 6) is 0. The lowest BCUT2D eigenvalue weighted by atomic mass is 9.92. The molecule has 0 saturated carbocycles. The maximum atomic E-state index is 2.37. The smallest absolute Gasteiger partial charge is 0.0467 e. The molecule has 0 fully saturated rings. The molecule has 12 aromatic rings. The minimum atomic E-state index is 1.09. The van der Waals surface area contributed by atoms with Crippen LogP contribution in [0.5, 0.6) is 0 Å². The fourth-order valence-electron chi connectivity index (χ4n) is 9.86. The molecule has 0 aliphatic carbocycles. The molecular formula is C66H46N2. The van der Waals surface area contributed by atoms with Crippen LogP contribution in [0.2, 0.25) is 0 Å². The number of fused-ring (bicyclic) bond motifs is 6. The van der Waals surface area contributed by atoms with Crippen molar-refractivity contribution in [1.29, 1.82) is 0 Å². The summed E-state index contributed by atoms with van der Waals surface area (Å²) in [6, 6.07) is 101. The highest BCUT2D eigenvalue weighted by molar-refractivity contribution is 6.25.